The molecule has 1 heterocycles. The number of nitrogens with one attached hydrogen (secondary N) is 2. The van der Waals surface area contributed by atoms with Gasteiger partial charge in [0.25, 0.3) is 5.69 Å². The number of methoxy groups -OCH3 is 1. The summed E-state index contributed by atoms with van der Waals surface area (Å²) in [5, 5.41) is 13.8. The van der Waals surface area contributed by atoms with Crippen LogP contribution in [0.3, 0.4) is 0 Å². The van der Waals surface area contributed by atoms with Crippen LogP contribution in [0.25, 0.3) is 0 Å². The van der Waals surface area contributed by atoms with E-state index in [-0.39, 0.29) is 29.1 Å². The molecule has 0 unspecified atom stereocenters. The van der Waals surface area contributed by atoms with Crippen LogP contribution in [0.4, 0.5) is 16.2 Å². The molecule has 1 fully saturated rings. The number of rotatable bonds is 7. The van der Waals surface area contributed by atoms with Crippen molar-refractivity contribution >= 4 is 27.4 Å². The summed E-state index contributed by atoms with van der Waals surface area (Å²) < 4.78 is 33.2. The van der Waals surface area contributed by atoms with E-state index in [9.17, 15) is 23.3 Å². The van der Waals surface area contributed by atoms with Crippen molar-refractivity contribution in [2.45, 2.75) is 24.7 Å². The average Bonchev–Trinajstić information content (AvgIpc) is 2.78. The van der Waals surface area contributed by atoms with Crippen molar-refractivity contribution in [3.63, 3.8) is 0 Å². The fourth-order valence-corrected chi connectivity index (χ4v) is 4.96. The topological polar surface area (TPSA) is 131 Å². The lowest BCUT2D eigenvalue weighted by Crippen LogP contribution is -2.43. The molecule has 2 aromatic carbocycles. The number of urea groups is 1. The first kappa shape index (κ1) is 23.5. The predicted molar refractivity (Wildman–Crippen MR) is 119 cm³/mol. The number of likely N-dealkylation sites (tertiary alicyclic amines) is 1. The molecule has 2 aromatic rings. The summed E-state index contributed by atoms with van der Waals surface area (Å²) in [6, 6.07) is 10.7. The number of nitrogens with zero attached hydrogens (tertiary/aromatic N) is 2. The minimum Gasteiger partial charge on any atom is -0.495 e. The molecule has 1 saturated heterocycles. The molecular weight excluding hydrogens is 436 g/mol. The number of benzene rings is 2. The van der Waals surface area contributed by atoms with Crippen LogP contribution >= 0.6 is 0 Å². The van der Waals surface area contributed by atoms with Gasteiger partial charge in [0, 0.05) is 31.8 Å². The number of carbonyl (C=O) groups is 1. The van der Waals surface area contributed by atoms with Crippen molar-refractivity contribution in [3.05, 3.63) is 58.1 Å². The number of amides is 2. The molecule has 32 heavy (non-hydrogen) atoms. The molecule has 0 aliphatic carbocycles. The van der Waals surface area contributed by atoms with Gasteiger partial charge >= 0.3 is 6.03 Å². The summed E-state index contributed by atoms with van der Waals surface area (Å²) in [7, 11) is -2.35. The van der Waals surface area contributed by atoms with Crippen LogP contribution in [0.2, 0.25) is 0 Å². The van der Waals surface area contributed by atoms with Gasteiger partial charge in [-0.1, -0.05) is 18.2 Å². The first-order valence-electron chi connectivity index (χ1n) is 10.1. The lowest BCUT2D eigenvalue weighted by atomic mass is 9.97. The molecule has 2 amide bonds. The van der Waals surface area contributed by atoms with E-state index in [2.05, 4.69) is 10.0 Å². The fourth-order valence-electron chi connectivity index (χ4n) is 3.58. The Bertz CT molecular complexity index is 1100. The molecule has 0 radical (unpaired) electrons. The van der Waals surface area contributed by atoms with Crippen LogP contribution in [0.15, 0.2) is 47.4 Å². The van der Waals surface area contributed by atoms with Crippen molar-refractivity contribution in [2.24, 2.45) is 5.92 Å². The van der Waals surface area contributed by atoms with E-state index < -0.39 is 14.9 Å². The number of hydrogen-bond acceptors (Lipinski definition) is 6. The quantitative estimate of drug-likeness (QED) is 0.480. The molecule has 1 aliphatic heterocycles. The van der Waals surface area contributed by atoms with Gasteiger partial charge in [0.1, 0.15) is 5.75 Å². The molecule has 3 rings (SSSR count). The van der Waals surface area contributed by atoms with E-state index in [1.165, 1.54) is 19.2 Å². The maximum Gasteiger partial charge on any atom is 0.321 e. The van der Waals surface area contributed by atoms with Crippen molar-refractivity contribution in [1.29, 1.82) is 0 Å². The van der Waals surface area contributed by atoms with Gasteiger partial charge in [0.2, 0.25) is 10.0 Å². The van der Waals surface area contributed by atoms with Gasteiger partial charge in [-0.2, -0.15) is 0 Å². The molecular formula is C21H26N4O6S. The van der Waals surface area contributed by atoms with Gasteiger partial charge in [0.15, 0.2) is 0 Å². The fraction of sp³-hybridized carbons (Fsp3) is 0.381. The van der Waals surface area contributed by atoms with Crippen molar-refractivity contribution in [2.75, 3.05) is 32.1 Å². The van der Waals surface area contributed by atoms with E-state index in [0.29, 0.717) is 42.9 Å². The number of non-ortho nitro benzene ring substituents is 1. The van der Waals surface area contributed by atoms with Crippen LogP contribution in [0.5, 0.6) is 5.75 Å². The molecule has 0 saturated carbocycles. The zero-order valence-corrected chi connectivity index (χ0v) is 18.7. The highest BCUT2D eigenvalue weighted by molar-refractivity contribution is 7.89. The molecule has 10 nitrogen and oxygen atoms in total. The summed E-state index contributed by atoms with van der Waals surface area (Å²) in [6.07, 6.45) is 1.27. The second-order valence-electron chi connectivity index (χ2n) is 7.62. The largest absolute Gasteiger partial charge is 0.495 e. The summed E-state index contributed by atoms with van der Waals surface area (Å²) >= 11 is 0. The Hall–Kier alpha value is -3.18. The number of hydrogen-bond donors (Lipinski definition) is 2. The Morgan fingerprint density at radius 1 is 1.22 bits per heavy atom. The number of aryl methyl sites for hydroxylation is 1. The van der Waals surface area contributed by atoms with Gasteiger partial charge in [0.05, 0.1) is 22.6 Å². The first-order chi connectivity index (χ1) is 15.2. The number of para-hydroxylation sites is 2. The van der Waals surface area contributed by atoms with Gasteiger partial charge in [-0.15, -0.1) is 0 Å². The van der Waals surface area contributed by atoms with Crippen LogP contribution in [0.1, 0.15) is 18.4 Å². The van der Waals surface area contributed by atoms with Crippen molar-refractivity contribution in [1.82, 2.24) is 9.62 Å². The second-order valence-corrected chi connectivity index (χ2v) is 9.36. The smallest absolute Gasteiger partial charge is 0.321 e. The number of ether oxygens (including phenoxy) is 1. The summed E-state index contributed by atoms with van der Waals surface area (Å²) in [6.45, 7) is 2.77. The number of anilines is 1. The molecule has 11 heteroatoms. The highest BCUT2D eigenvalue weighted by atomic mass is 32.2. The number of nitro groups is 1. The van der Waals surface area contributed by atoms with E-state index >= 15 is 0 Å². The Balaban J connectivity index is 1.54. The molecule has 0 aromatic heterocycles. The molecule has 2 N–H and O–H groups in total. The van der Waals surface area contributed by atoms with Crippen LogP contribution < -0.4 is 14.8 Å². The monoisotopic (exact) mass is 462 g/mol. The van der Waals surface area contributed by atoms with E-state index in [0.717, 1.165) is 6.07 Å². The Labute approximate surface area is 186 Å². The summed E-state index contributed by atoms with van der Waals surface area (Å²) in [5.74, 6) is 0.626. The number of nitro benzene ring substituents is 1. The third-order valence-corrected chi connectivity index (χ3v) is 7.05. The van der Waals surface area contributed by atoms with Crippen LogP contribution in [-0.2, 0) is 10.0 Å². The third kappa shape index (κ3) is 5.54. The third-order valence-electron chi connectivity index (χ3n) is 5.48. The lowest BCUT2D eigenvalue weighted by molar-refractivity contribution is -0.385. The predicted octanol–water partition coefficient (Wildman–Crippen LogP) is 3.13. The molecule has 0 bridgehead atoms. The molecule has 0 spiro atoms. The Morgan fingerprint density at radius 2 is 1.91 bits per heavy atom. The number of piperidine rings is 1. The maximum atomic E-state index is 12.7. The zero-order valence-electron chi connectivity index (χ0n) is 17.9. The van der Waals surface area contributed by atoms with Crippen molar-refractivity contribution in [3.8, 4) is 5.75 Å². The SMILES string of the molecule is COc1ccccc1NC(=O)N1CCC(CNS(=O)(=O)c2cc([N+](=O)[O-])ccc2C)CC1. The zero-order chi connectivity index (χ0) is 23.3. The van der Waals surface area contributed by atoms with Crippen molar-refractivity contribution < 1.29 is 22.9 Å². The Morgan fingerprint density at radius 3 is 2.56 bits per heavy atom. The highest BCUT2D eigenvalue weighted by Crippen LogP contribution is 2.25. The normalized spacial score (nSPS) is 14.8. The van der Waals surface area contributed by atoms with Gasteiger partial charge < -0.3 is 15.0 Å². The van der Waals surface area contributed by atoms with E-state index in [1.807, 2.05) is 6.07 Å². The lowest BCUT2D eigenvalue weighted by Gasteiger charge is -2.32. The summed E-state index contributed by atoms with van der Waals surface area (Å²) in [4.78, 5) is 24.5. The van der Waals surface area contributed by atoms with Gasteiger partial charge in [-0.05, 0) is 43.4 Å². The number of carbonyl (C=O) groups excluding carboxylic acids is 1. The minimum atomic E-state index is -3.89. The summed E-state index contributed by atoms with van der Waals surface area (Å²) in [5.41, 5.74) is 0.749. The molecule has 172 valence electrons. The standard InChI is InChI=1S/C21H26N4O6S/c1-15-7-8-17(25(27)28)13-20(15)32(29,30)22-14-16-9-11-24(12-10-16)21(26)23-18-5-3-4-6-19(18)31-2/h3-8,13,16,22H,9-12,14H2,1-2H3,(H,23,26). The average molecular weight is 463 g/mol. The van der Waals surface area contributed by atoms with Crippen LogP contribution in [-0.4, -0.2) is 51.0 Å². The molecule has 0 atom stereocenters. The first-order valence-corrected chi connectivity index (χ1v) is 11.6. The Kier molecular flexibility index (Phi) is 7.31. The van der Waals surface area contributed by atoms with Crippen LogP contribution in [0, 0.1) is 23.0 Å². The van der Waals surface area contributed by atoms with Gasteiger partial charge in [-0.3, -0.25) is 10.1 Å². The van der Waals surface area contributed by atoms with Gasteiger partial charge in [-0.25, -0.2) is 17.9 Å². The number of sulfonamides is 1. The second kappa shape index (κ2) is 9.96. The maximum absolute atomic E-state index is 12.7. The highest BCUT2D eigenvalue weighted by Gasteiger charge is 2.26. The molecule has 1 aliphatic rings. The van der Waals surface area contributed by atoms with E-state index in [1.54, 1.807) is 30.0 Å². The van der Waals surface area contributed by atoms with E-state index in [4.69, 9.17) is 4.74 Å². The minimum absolute atomic E-state index is 0.0547.